The number of rotatable bonds is 4. The molecule has 1 fully saturated rings. The molecule has 1 aromatic rings. The Morgan fingerprint density at radius 3 is 3.05 bits per heavy atom. The molecule has 1 atom stereocenters. The first kappa shape index (κ1) is 13.6. The van der Waals surface area contributed by atoms with Crippen LogP contribution in [0.2, 0.25) is 0 Å². The molecule has 0 aromatic heterocycles. The predicted molar refractivity (Wildman–Crippen MR) is 78.7 cm³/mol. The number of nitrogens with zero attached hydrogens (tertiary/aromatic N) is 1. The summed E-state index contributed by atoms with van der Waals surface area (Å²) in [6, 6.07) is 8.17. The molecule has 1 N–H and O–H groups in total. The zero-order valence-electron chi connectivity index (χ0n) is 11.8. The van der Waals surface area contributed by atoms with Gasteiger partial charge in [0, 0.05) is 25.4 Å². The van der Waals surface area contributed by atoms with Crippen molar-refractivity contribution in [3.8, 4) is 0 Å². The fourth-order valence-electron chi connectivity index (χ4n) is 3.05. The maximum atomic E-state index is 12.2. The summed E-state index contributed by atoms with van der Waals surface area (Å²) in [5, 5.41) is 3.20. The van der Waals surface area contributed by atoms with E-state index in [1.165, 1.54) is 18.4 Å². The van der Waals surface area contributed by atoms with Gasteiger partial charge in [0.1, 0.15) is 0 Å². The number of nitrogens with one attached hydrogen (secondary N) is 1. The van der Waals surface area contributed by atoms with Crippen LogP contribution in [0, 0.1) is 0 Å². The lowest BCUT2D eigenvalue weighted by atomic mass is 10.1. The molecular formula is C16H22N2O2. The average Bonchev–Trinajstić information content (AvgIpc) is 2.92. The third-order valence-corrected chi connectivity index (χ3v) is 4.11. The minimum absolute atomic E-state index is 0.169. The molecule has 0 spiro atoms. The molecule has 1 saturated heterocycles. The Hall–Kier alpha value is -1.39. The number of para-hydroxylation sites is 1. The van der Waals surface area contributed by atoms with Crippen LogP contribution in [0.5, 0.6) is 0 Å². The first-order valence-electron chi connectivity index (χ1n) is 7.55. The lowest BCUT2D eigenvalue weighted by molar-refractivity contribution is -0.117. The van der Waals surface area contributed by atoms with Crippen LogP contribution >= 0.6 is 0 Å². The third kappa shape index (κ3) is 3.02. The first-order valence-corrected chi connectivity index (χ1v) is 7.55. The summed E-state index contributed by atoms with van der Waals surface area (Å²) >= 11 is 0. The van der Waals surface area contributed by atoms with E-state index >= 15 is 0 Å². The van der Waals surface area contributed by atoms with Crippen molar-refractivity contribution in [2.24, 2.45) is 0 Å². The van der Waals surface area contributed by atoms with E-state index in [0.29, 0.717) is 12.6 Å². The summed E-state index contributed by atoms with van der Waals surface area (Å²) in [5.74, 6) is 0.169. The van der Waals surface area contributed by atoms with E-state index in [0.717, 1.165) is 38.2 Å². The van der Waals surface area contributed by atoms with E-state index in [1.807, 2.05) is 23.1 Å². The fraction of sp³-hybridized carbons (Fsp3) is 0.562. The largest absolute Gasteiger partial charge is 0.378 e. The standard InChI is InChI=1S/C16H22N2O2/c19-16-12-17-11-13-5-1-2-8-15(13)18(16)9-3-6-14-7-4-10-20-14/h1-2,5,8,14,17H,3-4,6-7,9-12H2. The quantitative estimate of drug-likeness (QED) is 0.914. The molecule has 1 amide bonds. The molecule has 0 aliphatic carbocycles. The number of hydrogen-bond acceptors (Lipinski definition) is 3. The summed E-state index contributed by atoms with van der Waals surface area (Å²) in [4.78, 5) is 14.2. The van der Waals surface area contributed by atoms with Crippen molar-refractivity contribution in [3.63, 3.8) is 0 Å². The van der Waals surface area contributed by atoms with Crippen molar-refractivity contribution in [1.29, 1.82) is 0 Å². The van der Waals surface area contributed by atoms with Gasteiger partial charge in [-0.15, -0.1) is 0 Å². The Kier molecular flexibility index (Phi) is 4.33. The van der Waals surface area contributed by atoms with Crippen molar-refractivity contribution in [1.82, 2.24) is 5.32 Å². The summed E-state index contributed by atoms with van der Waals surface area (Å²) in [7, 11) is 0. The number of anilines is 1. The highest BCUT2D eigenvalue weighted by atomic mass is 16.5. The highest BCUT2D eigenvalue weighted by Gasteiger charge is 2.22. The van der Waals surface area contributed by atoms with Crippen LogP contribution in [0.3, 0.4) is 0 Å². The molecule has 20 heavy (non-hydrogen) atoms. The van der Waals surface area contributed by atoms with Gasteiger partial charge in [-0.05, 0) is 37.3 Å². The molecule has 0 saturated carbocycles. The lowest BCUT2D eigenvalue weighted by Crippen LogP contribution is -2.36. The fourth-order valence-corrected chi connectivity index (χ4v) is 3.05. The second-order valence-electron chi connectivity index (χ2n) is 5.55. The Labute approximate surface area is 120 Å². The Morgan fingerprint density at radius 2 is 2.20 bits per heavy atom. The van der Waals surface area contributed by atoms with Crippen molar-refractivity contribution >= 4 is 11.6 Å². The van der Waals surface area contributed by atoms with Gasteiger partial charge >= 0.3 is 0 Å². The van der Waals surface area contributed by atoms with Crippen LogP contribution in [-0.2, 0) is 16.1 Å². The van der Waals surface area contributed by atoms with Gasteiger partial charge < -0.3 is 15.0 Å². The molecule has 2 aliphatic heterocycles. The van der Waals surface area contributed by atoms with Crippen LogP contribution in [0.1, 0.15) is 31.2 Å². The Balaban J connectivity index is 1.65. The van der Waals surface area contributed by atoms with E-state index in [-0.39, 0.29) is 5.91 Å². The number of hydrogen-bond donors (Lipinski definition) is 1. The number of amides is 1. The Bertz CT molecular complexity index is 469. The number of carbonyl (C=O) groups is 1. The number of ether oxygens (including phenoxy) is 1. The van der Waals surface area contributed by atoms with Gasteiger partial charge in [0.15, 0.2) is 0 Å². The molecule has 2 heterocycles. The first-order chi connectivity index (χ1) is 9.84. The van der Waals surface area contributed by atoms with Crippen molar-refractivity contribution in [3.05, 3.63) is 29.8 Å². The molecule has 4 heteroatoms. The van der Waals surface area contributed by atoms with E-state index < -0.39 is 0 Å². The van der Waals surface area contributed by atoms with Gasteiger partial charge in [-0.25, -0.2) is 0 Å². The zero-order valence-corrected chi connectivity index (χ0v) is 11.8. The van der Waals surface area contributed by atoms with Crippen LogP contribution in [0.15, 0.2) is 24.3 Å². The summed E-state index contributed by atoms with van der Waals surface area (Å²) < 4.78 is 5.65. The normalized spacial score (nSPS) is 22.7. The number of benzene rings is 1. The zero-order chi connectivity index (χ0) is 13.8. The topological polar surface area (TPSA) is 41.6 Å². The van der Waals surface area contributed by atoms with Gasteiger partial charge in [0.25, 0.3) is 0 Å². The molecular weight excluding hydrogens is 252 g/mol. The molecule has 4 nitrogen and oxygen atoms in total. The maximum Gasteiger partial charge on any atom is 0.240 e. The minimum atomic E-state index is 0.169. The predicted octanol–water partition coefficient (Wildman–Crippen LogP) is 2.08. The lowest BCUT2D eigenvalue weighted by Gasteiger charge is -2.23. The van der Waals surface area contributed by atoms with Crippen molar-refractivity contribution < 1.29 is 9.53 Å². The third-order valence-electron chi connectivity index (χ3n) is 4.11. The molecule has 1 aromatic carbocycles. The second-order valence-corrected chi connectivity index (χ2v) is 5.55. The molecule has 2 aliphatic rings. The molecule has 0 radical (unpaired) electrons. The Morgan fingerprint density at radius 1 is 1.30 bits per heavy atom. The SMILES string of the molecule is O=C1CNCc2ccccc2N1CCCC1CCCO1. The van der Waals surface area contributed by atoms with Gasteiger partial charge in [-0.2, -0.15) is 0 Å². The number of fused-ring (bicyclic) bond motifs is 1. The number of carbonyl (C=O) groups excluding carboxylic acids is 1. The van der Waals surface area contributed by atoms with Crippen LogP contribution < -0.4 is 10.2 Å². The summed E-state index contributed by atoms with van der Waals surface area (Å²) in [6.45, 7) is 2.89. The highest BCUT2D eigenvalue weighted by molar-refractivity contribution is 5.96. The smallest absolute Gasteiger partial charge is 0.240 e. The molecule has 108 valence electrons. The highest BCUT2D eigenvalue weighted by Crippen LogP contribution is 2.24. The monoisotopic (exact) mass is 274 g/mol. The summed E-state index contributed by atoms with van der Waals surface area (Å²) in [5.41, 5.74) is 2.27. The molecule has 0 bridgehead atoms. The molecule has 1 unspecified atom stereocenters. The van der Waals surface area contributed by atoms with Crippen molar-refractivity contribution in [2.45, 2.75) is 38.3 Å². The van der Waals surface area contributed by atoms with Crippen molar-refractivity contribution in [2.75, 3.05) is 24.6 Å². The van der Waals surface area contributed by atoms with E-state index in [9.17, 15) is 4.79 Å². The van der Waals surface area contributed by atoms with Gasteiger partial charge in [0.05, 0.1) is 12.6 Å². The van der Waals surface area contributed by atoms with E-state index in [4.69, 9.17) is 4.74 Å². The van der Waals surface area contributed by atoms with Gasteiger partial charge in [-0.3, -0.25) is 4.79 Å². The van der Waals surface area contributed by atoms with Crippen LogP contribution in [0.25, 0.3) is 0 Å². The van der Waals surface area contributed by atoms with E-state index in [1.54, 1.807) is 0 Å². The van der Waals surface area contributed by atoms with E-state index in [2.05, 4.69) is 11.4 Å². The second kappa shape index (κ2) is 6.37. The summed E-state index contributed by atoms with van der Waals surface area (Å²) in [6.07, 6.45) is 4.82. The van der Waals surface area contributed by atoms with Gasteiger partial charge in [-0.1, -0.05) is 18.2 Å². The average molecular weight is 274 g/mol. The van der Waals surface area contributed by atoms with Crippen LogP contribution in [0.4, 0.5) is 5.69 Å². The maximum absolute atomic E-state index is 12.2. The van der Waals surface area contributed by atoms with Gasteiger partial charge in [0.2, 0.25) is 5.91 Å². The molecule has 3 rings (SSSR count). The minimum Gasteiger partial charge on any atom is -0.378 e. The van der Waals surface area contributed by atoms with Crippen LogP contribution in [-0.4, -0.2) is 31.7 Å².